The molecule has 0 amide bonds. The fourth-order valence-electron chi connectivity index (χ4n) is 5.21. The highest BCUT2D eigenvalue weighted by atomic mass is 35.5. The molecule has 2 fully saturated rings. The van der Waals surface area contributed by atoms with Crippen LogP contribution in [-0.4, -0.2) is 53.7 Å². The summed E-state index contributed by atoms with van der Waals surface area (Å²) >= 11 is 21.3. The van der Waals surface area contributed by atoms with E-state index in [2.05, 4.69) is 14.8 Å². The molecule has 4 aromatic rings. The highest BCUT2D eigenvalue weighted by Gasteiger charge is 2.22. The molecule has 4 heterocycles. The van der Waals surface area contributed by atoms with Crippen molar-refractivity contribution in [2.75, 3.05) is 48.5 Å². The van der Waals surface area contributed by atoms with E-state index in [4.69, 9.17) is 44.9 Å². The van der Waals surface area contributed by atoms with Crippen LogP contribution < -0.4 is 9.80 Å². The number of piperidine rings is 2. The van der Waals surface area contributed by atoms with Crippen molar-refractivity contribution >= 4 is 88.2 Å². The van der Waals surface area contributed by atoms with Crippen LogP contribution in [0.2, 0.25) is 10.0 Å². The van der Waals surface area contributed by atoms with Gasteiger partial charge >= 0.3 is 0 Å². The SMILES string of the molecule is ClCCC1CCN(c2nc3ccc(Cl)cc3s2)CC1.OCCC1CCN(c2nc3ccc(Cl)cc3s2)CC1. The highest BCUT2D eigenvalue weighted by molar-refractivity contribution is 7.22. The van der Waals surface area contributed by atoms with Gasteiger partial charge in [0.05, 0.1) is 20.4 Å². The average molecular weight is 612 g/mol. The minimum Gasteiger partial charge on any atom is -0.396 e. The largest absolute Gasteiger partial charge is 0.396 e. The Bertz CT molecular complexity index is 1230. The predicted octanol–water partition coefficient (Wildman–Crippen LogP) is 8.34. The molecule has 6 rings (SSSR count). The smallest absolute Gasteiger partial charge is 0.186 e. The minimum atomic E-state index is 0.310. The maximum absolute atomic E-state index is 8.99. The predicted molar refractivity (Wildman–Crippen MR) is 166 cm³/mol. The Labute approximate surface area is 247 Å². The topological polar surface area (TPSA) is 52.5 Å². The highest BCUT2D eigenvalue weighted by Crippen LogP contribution is 2.34. The molecule has 0 radical (unpaired) electrons. The van der Waals surface area contributed by atoms with Gasteiger partial charge in [-0.1, -0.05) is 45.9 Å². The number of halogens is 3. The normalized spacial score (nSPS) is 17.3. The molecule has 2 aromatic carbocycles. The third-order valence-corrected chi connectivity index (χ3v) is 10.3. The number of thiazole rings is 2. The molecule has 38 heavy (non-hydrogen) atoms. The van der Waals surface area contributed by atoms with E-state index in [1.807, 2.05) is 36.4 Å². The van der Waals surface area contributed by atoms with Crippen molar-refractivity contribution in [3.05, 3.63) is 46.4 Å². The van der Waals surface area contributed by atoms with Crippen molar-refractivity contribution in [3.8, 4) is 0 Å². The van der Waals surface area contributed by atoms with Crippen LogP contribution in [0.25, 0.3) is 20.4 Å². The van der Waals surface area contributed by atoms with Crippen LogP contribution in [0.5, 0.6) is 0 Å². The molecule has 5 nitrogen and oxygen atoms in total. The number of aromatic nitrogens is 2. The van der Waals surface area contributed by atoms with Crippen LogP contribution in [-0.2, 0) is 0 Å². The van der Waals surface area contributed by atoms with E-state index in [-0.39, 0.29) is 0 Å². The summed E-state index contributed by atoms with van der Waals surface area (Å²) in [5.74, 6) is 2.24. The molecular formula is C28H33Cl3N4OS2. The summed E-state index contributed by atoms with van der Waals surface area (Å²) in [4.78, 5) is 14.1. The third kappa shape index (κ3) is 7.04. The van der Waals surface area contributed by atoms with Gasteiger partial charge in [0, 0.05) is 48.7 Å². The van der Waals surface area contributed by atoms with Gasteiger partial charge in [-0.25, -0.2) is 9.97 Å². The van der Waals surface area contributed by atoms with Crippen molar-refractivity contribution in [2.24, 2.45) is 11.8 Å². The van der Waals surface area contributed by atoms with E-state index < -0.39 is 0 Å². The Morgan fingerprint density at radius 3 is 1.61 bits per heavy atom. The van der Waals surface area contributed by atoms with Crippen LogP contribution in [0.3, 0.4) is 0 Å². The summed E-state index contributed by atoms with van der Waals surface area (Å²) in [6, 6.07) is 11.8. The Hall–Kier alpha value is -1.35. The Morgan fingerprint density at radius 2 is 1.18 bits per heavy atom. The van der Waals surface area contributed by atoms with Gasteiger partial charge in [0.25, 0.3) is 0 Å². The number of anilines is 2. The number of rotatable bonds is 6. The molecular weight excluding hydrogens is 579 g/mol. The van der Waals surface area contributed by atoms with Crippen LogP contribution in [0.4, 0.5) is 10.3 Å². The number of aliphatic hydroxyl groups is 1. The molecule has 0 bridgehead atoms. The van der Waals surface area contributed by atoms with E-state index >= 15 is 0 Å². The van der Waals surface area contributed by atoms with E-state index in [1.165, 1.54) is 17.5 Å². The van der Waals surface area contributed by atoms with Gasteiger partial charge in [-0.15, -0.1) is 11.6 Å². The molecule has 0 aliphatic carbocycles. The molecule has 204 valence electrons. The molecule has 1 N–H and O–H groups in total. The van der Waals surface area contributed by atoms with Gasteiger partial charge < -0.3 is 14.9 Å². The number of fused-ring (bicyclic) bond motifs is 2. The van der Waals surface area contributed by atoms with E-state index in [0.717, 1.165) is 99.7 Å². The molecule has 2 aliphatic rings. The second-order valence-electron chi connectivity index (χ2n) is 10.1. The summed E-state index contributed by atoms with van der Waals surface area (Å²) in [5, 5.41) is 12.8. The zero-order valence-corrected chi connectivity index (χ0v) is 25.2. The summed E-state index contributed by atoms with van der Waals surface area (Å²) in [6.07, 6.45) is 6.83. The van der Waals surface area contributed by atoms with Gasteiger partial charge in [-0.3, -0.25) is 0 Å². The van der Waals surface area contributed by atoms with Gasteiger partial charge in [-0.05, 0) is 86.8 Å². The number of aliphatic hydroxyl groups excluding tert-OH is 1. The molecule has 0 spiro atoms. The van der Waals surface area contributed by atoms with E-state index in [1.54, 1.807) is 22.7 Å². The Balaban J connectivity index is 0.000000155. The monoisotopic (exact) mass is 610 g/mol. The van der Waals surface area contributed by atoms with Gasteiger partial charge in [0.2, 0.25) is 0 Å². The fourth-order valence-corrected chi connectivity index (χ4v) is 8.10. The van der Waals surface area contributed by atoms with Gasteiger partial charge in [0.1, 0.15) is 0 Å². The van der Waals surface area contributed by atoms with Gasteiger partial charge in [-0.2, -0.15) is 0 Å². The first-order valence-corrected chi connectivity index (χ1v) is 16.2. The lowest BCUT2D eigenvalue weighted by atomic mass is 9.94. The molecule has 0 saturated carbocycles. The molecule has 2 saturated heterocycles. The molecule has 2 aliphatic heterocycles. The van der Waals surface area contributed by atoms with Crippen molar-refractivity contribution in [1.29, 1.82) is 0 Å². The zero-order chi connectivity index (χ0) is 26.5. The first-order valence-electron chi connectivity index (χ1n) is 13.3. The van der Waals surface area contributed by atoms with Crippen LogP contribution >= 0.6 is 57.5 Å². The van der Waals surface area contributed by atoms with Crippen molar-refractivity contribution < 1.29 is 5.11 Å². The molecule has 0 atom stereocenters. The van der Waals surface area contributed by atoms with Crippen molar-refractivity contribution in [2.45, 2.75) is 38.5 Å². The maximum atomic E-state index is 8.99. The molecule has 10 heteroatoms. The fraction of sp³-hybridized carbons (Fsp3) is 0.500. The third-order valence-electron chi connectivity index (χ3n) is 7.50. The molecule has 0 unspecified atom stereocenters. The lowest BCUT2D eigenvalue weighted by Crippen LogP contribution is -2.33. The number of hydrogen-bond acceptors (Lipinski definition) is 7. The number of hydrogen-bond donors (Lipinski definition) is 1. The second kappa shape index (κ2) is 13.3. The van der Waals surface area contributed by atoms with Gasteiger partial charge in [0.15, 0.2) is 10.3 Å². The van der Waals surface area contributed by atoms with Crippen LogP contribution in [0.15, 0.2) is 36.4 Å². The first kappa shape index (κ1) is 28.2. The quantitative estimate of drug-likeness (QED) is 0.222. The lowest BCUT2D eigenvalue weighted by molar-refractivity contribution is 0.240. The van der Waals surface area contributed by atoms with Crippen molar-refractivity contribution in [1.82, 2.24) is 9.97 Å². The van der Waals surface area contributed by atoms with Crippen LogP contribution in [0.1, 0.15) is 38.5 Å². The minimum absolute atomic E-state index is 0.310. The second-order valence-corrected chi connectivity index (χ2v) is 13.3. The summed E-state index contributed by atoms with van der Waals surface area (Å²) in [5.41, 5.74) is 2.08. The number of alkyl halides is 1. The number of nitrogens with zero attached hydrogens (tertiary/aromatic N) is 4. The molecule has 2 aromatic heterocycles. The van der Waals surface area contributed by atoms with Crippen LogP contribution in [0, 0.1) is 11.8 Å². The maximum Gasteiger partial charge on any atom is 0.186 e. The lowest BCUT2D eigenvalue weighted by Gasteiger charge is -2.31. The van der Waals surface area contributed by atoms with Crippen molar-refractivity contribution in [3.63, 3.8) is 0 Å². The zero-order valence-electron chi connectivity index (χ0n) is 21.3. The first-order chi connectivity index (χ1) is 18.5. The Kier molecular flexibility index (Phi) is 9.89. The van der Waals surface area contributed by atoms with E-state index in [0.29, 0.717) is 12.5 Å². The Morgan fingerprint density at radius 1 is 0.737 bits per heavy atom. The average Bonchev–Trinajstić information content (AvgIpc) is 3.54. The standard InChI is InChI=1S/C14H16Cl2N2S.C14H17ClN2OS/c15-6-3-10-4-7-18(8-5-10)14-17-12-2-1-11(16)9-13(12)19-14;15-11-1-2-12-13(9-11)19-14(16-12)17-6-3-10(4-7-17)5-8-18/h1-2,9-10H,3-8H2;1-2,9-10,18H,3-8H2. The summed E-state index contributed by atoms with van der Waals surface area (Å²) in [6.45, 7) is 4.57. The van der Waals surface area contributed by atoms with E-state index in [9.17, 15) is 0 Å². The summed E-state index contributed by atoms with van der Waals surface area (Å²) in [7, 11) is 0. The number of benzene rings is 2. The summed E-state index contributed by atoms with van der Waals surface area (Å²) < 4.78 is 2.32.